The van der Waals surface area contributed by atoms with Crippen molar-refractivity contribution in [1.82, 2.24) is 0 Å². The molecule has 74 valence electrons. The Balaban J connectivity index is 0. The summed E-state index contributed by atoms with van der Waals surface area (Å²) < 4.78 is 33.8. The molecule has 5 nitrogen and oxygen atoms in total. The third-order valence-corrected chi connectivity index (χ3v) is 0.677. The second kappa shape index (κ2) is 5.26. The first kappa shape index (κ1) is 14.1. The van der Waals surface area contributed by atoms with E-state index in [9.17, 15) is 0 Å². The molecule has 6 heteroatoms. The van der Waals surface area contributed by atoms with Gasteiger partial charge in [-0.3, -0.25) is 4.55 Å². The minimum absolute atomic E-state index is 0.976. The molecule has 0 aliphatic carbocycles. The minimum Gasteiger partial charge on any atom is -0.726 e. The molecule has 0 aromatic heterocycles. The fourth-order valence-corrected chi connectivity index (χ4v) is 0.387. The second-order valence-electron chi connectivity index (χ2n) is 3.19. The number of rotatable bonds is 2. The number of hydrogen-bond acceptors (Lipinski definition) is 3. The van der Waals surface area contributed by atoms with Crippen LogP contribution in [0, 0.1) is 0 Å². The highest BCUT2D eigenvalue weighted by Gasteiger charge is 1.99. The lowest BCUT2D eigenvalue weighted by molar-refractivity contribution is -0.864. The molecule has 0 amide bonds. The van der Waals surface area contributed by atoms with Crippen molar-refractivity contribution in [2.24, 2.45) is 0 Å². The molecule has 0 saturated carbocycles. The first-order valence-electron chi connectivity index (χ1n) is 3.16. The fourth-order valence-electron chi connectivity index (χ4n) is 0.387. The summed E-state index contributed by atoms with van der Waals surface area (Å²) in [5.74, 6) is 0. The van der Waals surface area contributed by atoms with E-state index < -0.39 is 10.4 Å². The van der Waals surface area contributed by atoms with Gasteiger partial charge in [-0.05, 0) is 6.08 Å². The molecule has 0 spiro atoms. The van der Waals surface area contributed by atoms with Crippen molar-refractivity contribution in [2.45, 2.75) is 0 Å². The van der Waals surface area contributed by atoms with Gasteiger partial charge in [0.05, 0.1) is 27.7 Å². The number of quaternary nitrogens is 1. The Labute approximate surface area is 73.5 Å². The highest BCUT2D eigenvalue weighted by molar-refractivity contribution is 7.79. The maximum Gasteiger partial charge on any atom is 0.215 e. The van der Waals surface area contributed by atoms with Gasteiger partial charge in [-0.1, -0.05) is 6.58 Å². The van der Waals surface area contributed by atoms with Gasteiger partial charge in [0, 0.05) is 0 Å². The molecule has 0 aliphatic rings. The lowest BCUT2D eigenvalue weighted by Crippen LogP contribution is -2.33. The summed E-state index contributed by atoms with van der Waals surface area (Å²) in [5, 5.41) is 0. The number of hydrogen-bond donors (Lipinski definition) is 1. The Morgan fingerprint density at radius 1 is 1.50 bits per heavy atom. The van der Waals surface area contributed by atoms with Crippen LogP contribution < -0.4 is 0 Å². The van der Waals surface area contributed by atoms with Crippen LogP contribution in [0.15, 0.2) is 12.7 Å². The molecule has 1 N–H and O–H groups in total. The van der Waals surface area contributed by atoms with Crippen molar-refractivity contribution in [3.8, 4) is 0 Å². The van der Waals surface area contributed by atoms with E-state index in [0.717, 1.165) is 11.0 Å². The smallest absolute Gasteiger partial charge is 0.215 e. The maximum absolute atomic E-state index is 8.63. The van der Waals surface area contributed by atoms with Crippen LogP contribution >= 0.6 is 0 Å². The van der Waals surface area contributed by atoms with Crippen LogP contribution in [0.1, 0.15) is 0 Å². The SMILES string of the molecule is C=CC[N+](C)(C)C.O=S(=O)([O-])O. The molecular weight excluding hydrogens is 182 g/mol. The molecule has 0 aliphatic heterocycles. The first-order chi connectivity index (χ1) is 5.06. The van der Waals surface area contributed by atoms with E-state index in [2.05, 4.69) is 27.7 Å². The van der Waals surface area contributed by atoms with Gasteiger partial charge in [0.25, 0.3) is 0 Å². The van der Waals surface area contributed by atoms with Crippen molar-refractivity contribution in [1.29, 1.82) is 0 Å². The highest BCUT2D eigenvalue weighted by atomic mass is 32.3. The van der Waals surface area contributed by atoms with Crippen LogP contribution in [0.25, 0.3) is 0 Å². The predicted octanol–water partition coefficient (Wildman–Crippen LogP) is -0.117. The summed E-state index contributed by atoms with van der Waals surface area (Å²) in [6.45, 7) is 4.67. The zero-order valence-electron chi connectivity index (χ0n) is 7.52. The lowest BCUT2D eigenvalue weighted by atomic mass is 10.5. The van der Waals surface area contributed by atoms with Crippen molar-refractivity contribution in [3.63, 3.8) is 0 Å². The largest absolute Gasteiger partial charge is 0.726 e. The van der Waals surface area contributed by atoms with Crippen molar-refractivity contribution in [2.75, 3.05) is 27.7 Å². The summed E-state index contributed by atoms with van der Waals surface area (Å²) >= 11 is 0. The zero-order chi connectivity index (χ0) is 10.4. The topological polar surface area (TPSA) is 77.4 Å². The average Bonchev–Trinajstić information content (AvgIpc) is 1.54. The first-order valence-corrected chi connectivity index (χ1v) is 4.52. The maximum atomic E-state index is 8.63. The molecular formula is C6H15NO4S. The van der Waals surface area contributed by atoms with Crippen LogP contribution in [-0.4, -0.2) is 49.7 Å². The van der Waals surface area contributed by atoms with E-state index in [0.29, 0.717) is 0 Å². The third-order valence-electron chi connectivity index (χ3n) is 0.677. The Kier molecular flexibility index (Phi) is 6.18. The van der Waals surface area contributed by atoms with Crippen molar-refractivity contribution < 1.29 is 22.0 Å². The third kappa shape index (κ3) is 55.1. The van der Waals surface area contributed by atoms with Crippen molar-refractivity contribution in [3.05, 3.63) is 12.7 Å². The summed E-state index contributed by atoms with van der Waals surface area (Å²) in [6, 6.07) is 0. The van der Waals surface area contributed by atoms with Gasteiger partial charge in [-0.2, -0.15) is 0 Å². The molecule has 0 aromatic rings. The van der Waals surface area contributed by atoms with Crippen LogP contribution in [0.2, 0.25) is 0 Å². The Morgan fingerprint density at radius 3 is 1.75 bits per heavy atom. The lowest BCUT2D eigenvalue weighted by Gasteiger charge is -2.21. The Hall–Kier alpha value is -0.430. The van der Waals surface area contributed by atoms with E-state index >= 15 is 0 Å². The van der Waals surface area contributed by atoms with Gasteiger partial charge in [0.1, 0.15) is 0 Å². The van der Waals surface area contributed by atoms with Crippen LogP contribution in [0.3, 0.4) is 0 Å². The van der Waals surface area contributed by atoms with Gasteiger partial charge >= 0.3 is 0 Å². The Morgan fingerprint density at radius 2 is 1.75 bits per heavy atom. The molecule has 0 atom stereocenters. The van der Waals surface area contributed by atoms with Gasteiger partial charge in [-0.15, -0.1) is 0 Å². The average molecular weight is 197 g/mol. The molecule has 0 fully saturated rings. The monoisotopic (exact) mass is 197 g/mol. The van der Waals surface area contributed by atoms with Crippen LogP contribution in [0.5, 0.6) is 0 Å². The summed E-state index contributed by atoms with van der Waals surface area (Å²) in [6.07, 6.45) is 1.93. The normalized spacial score (nSPS) is 11.4. The predicted molar refractivity (Wildman–Crippen MR) is 45.4 cm³/mol. The fraction of sp³-hybridized carbons (Fsp3) is 0.667. The van der Waals surface area contributed by atoms with E-state index in [1.165, 1.54) is 0 Å². The van der Waals surface area contributed by atoms with Crippen LogP contribution in [-0.2, 0) is 10.4 Å². The molecule has 0 rings (SSSR count). The molecule has 0 heterocycles. The van der Waals surface area contributed by atoms with Gasteiger partial charge in [0.15, 0.2) is 0 Å². The summed E-state index contributed by atoms with van der Waals surface area (Å²) in [5.41, 5.74) is 0. The molecule has 0 radical (unpaired) electrons. The highest BCUT2D eigenvalue weighted by Crippen LogP contribution is 1.86. The molecule has 0 bridgehead atoms. The van der Waals surface area contributed by atoms with E-state index in [-0.39, 0.29) is 0 Å². The standard InChI is InChI=1S/C6H14N.H2O4S/c1-5-6-7(2,3)4;1-5(2,3)4/h5H,1,6H2,2-4H3;(H2,1,2,3,4)/q+1;/p-1. The summed E-state index contributed by atoms with van der Waals surface area (Å²) in [4.78, 5) is 0. The Bertz CT molecular complexity index is 206. The summed E-state index contributed by atoms with van der Waals surface area (Å²) in [7, 11) is 1.50. The number of nitrogens with zero attached hydrogens (tertiary/aromatic N) is 1. The van der Waals surface area contributed by atoms with Crippen molar-refractivity contribution >= 4 is 10.4 Å². The molecule has 0 saturated heterocycles. The second-order valence-corrected chi connectivity index (χ2v) is 4.04. The van der Waals surface area contributed by atoms with E-state index in [4.69, 9.17) is 17.5 Å². The molecule has 0 aromatic carbocycles. The van der Waals surface area contributed by atoms with E-state index in [1.807, 2.05) is 6.08 Å². The number of likely N-dealkylation sites (N-methyl/N-ethyl adjacent to an activating group) is 1. The zero-order valence-corrected chi connectivity index (χ0v) is 8.34. The van der Waals surface area contributed by atoms with Gasteiger partial charge in [0.2, 0.25) is 10.4 Å². The van der Waals surface area contributed by atoms with E-state index in [1.54, 1.807) is 0 Å². The van der Waals surface area contributed by atoms with Gasteiger partial charge in [-0.25, -0.2) is 8.42 Å². The van der Waals surface area contributed by atoms with Crippen LogP contribution in [0.4, 0.5) is 0 Å². The van der Waals surface area contributed by atoms with Gasteiger partial charge < -0.3 is 9.04 Å². The molecule has 0 unspecified atom stereocenters. The molecule has 12 heavy (non-hydrogen) atoms. The quantitative estimate of drug-likeness (QED) is 0.290. The minimum atomic E-state index is -4.92.